The van der Waals surface area contributed by atoms with Gasteiger partial charge in [-0.15, -0.1) is 0 Å². The van der Waals surface area contributed by atoms with Crippen molar-refractivity contribution in [2.24, 2.45) is 5.14 Å². The maximum atomic E-state index is 12.8. The summed E-state index contributed by atoms with van der Waals surface area (Å²) < 4.78 is 56.7. The number of nitrogens with two attached hydrogens (primary N) is 1. The molecule has 4 aromatic carbocycles. The Balaban J connectivity index is 1.18. The average molecular weight is 715 g/mol. The number of amides is 2. The standard InChI is InChI=1S/C34H26N4O10S2/c35-49(44,45)24-8-1-19(2-9-24)18-36-50(46,47)25-10-3-20(4-11-25)37-34(43)38-21-5-12-26(29(15-21)33(41)42)32-27-13-6-22(39)16-30(27)48-31-17-23(40)7-14-28(31)32/h1-17,36,39H,18H2,(H,41,42)(H2,35,44,45)(H2,37,38,43). The van der Waals surface area contributed by atoms with Gasteiger partial charge in [-0.1, -0.05) is 18.2 Å². The maximum Gasteiger partial charge on any atom is 0.336 e. The van der Waals surface area contributed by atoms with Crippen molar-refractivity contribution in [2.75, 3.05) is 10.6 Å². The Labute approximate surface area is 284 Å². The van der Waals surface area contributed by atoms with Gasteiger partial charge in [0.1, 0.15) is 17.1 Å². The van der Waals surface area contributed by atoms with Crippen LogP contribution in [0.25, 0.3) is 33.4 Å². The molecule has 0 unspecified atom stereocenters. The topological polar surface area (TPSA) is 235 Å². The number of nitrogens with one attached hydrogen (secondary N) is 3. The molecule has 0 saturated carbocycles. The molecule has 1 heterocycles. The first kappa shape index (κ1) is 33.8. The first-order chi connectivity index (χ1) is 23.7. The Bertz CT molecular complexity index is 2550. The number of benzene rings is 5. The van der Waals surface area contributed by atoms with E-state index in [4.69, 9.17) is 9.56 Å². The quantitative estimate of drug-likeness (QED) is 0.113. The highest BCUT2D eigenvalue weighted by atomic mass is 32.2. The summed E-state index contributed by atoms with van der Waals surface area (Å²) in [5.41, 5.74) is 1.78. The predicted molar refractivity (Wildman–Crippen MR) is 184 cm³/mol. The van der Waals surface area contributed by atoms with Gasteiger partial charge in [-0.05, 0) is 83.9 Å². The van der Waals surface area contributed by atoms with Gasteiger partial charge in [0, 0.05) is 46.6 Å². The number of primary sulfonamides is 1. The normalized spacial score (nSPS) is 11.8. The fraction of sp³-hybridized carbons (Fsp3) is 0.0294. The number of anilines is 2. The third kappa shape index (κ3) is 7.18. The fourth-order valence-electron chi connectivity index (χ4n) is 5.24. The van der Waals surface area contributed by atoms with E-state index in [1.165, 1.54) is 97.1 Å². The Morgan fingerprint density at radius 1 is 0.740 bits per heavy atom. The average Bonchev–Trinajstić information content (AvgIpc) is 3.06. The number of rotatable bonds is 9. The Morgan fingerprint density at radius 2 is 1.38 bits per heavy atom. The van der Waals surface area contributed by atoms with Gasteiger partial charge in [0.05, 0.1) is 15.4 Å². The van der Waals surface area contributed by atoms with Gasteiger partial charge in [-0.2, -0.15) is 0 Å². The molecule has 0 saturated heterocycles. The van der Waals surface area contributed by atoms with Crippen molar-refractivity contribution in [3.63, 3.8) is 0 Å². The number of hydrogen-bond acceptors (Lipinski definition) is 9. The van der Waals surface area contributed by atoms with E-state index < -0.39 is 32.0 Å². The van der Waals surface area contributed by atoms with E-state index in [1.54, 1.807) is 6.07 Å². The van der Waals surface area contributed by atoms with Gasteiger partial charge in [-0.3, -0.25) is 4.79 Å². The summed E-state index contributed by atoms with van der Waals surface area (Å²) in [4.78, 5) is 37.2. The largest absolute Gasteiger partial charge is 0.508 e. The van der Waals surface area contributed by atoms with Crippen molar-refractivity contribution in [1.82, 2.24) is 4.72 Å². The molecule has 0 fully saturated rings. The zero-order valence-electron chi connectivity index (χ0n) is 25.6. The molecule has 254 valence electrons. The van der Waals surface area contributed by atoms with Gasteiger partial charge >= 0.3 is 12.0 Å². The second kappa shape index (κ2) is 13.1. The highest BCUT2D eigenvalue weighted by Gasteiger charge is 2.23. The van der Waals surface area contributed by atoms with E-state index >= 15 is 0 Å². The van der Waals surface area contributed by atoms with E-state index in [1.807, 2.05) is 0 Å². The fourth-order valence-corrected chi connectivity index (χ4v) is 6.77. The number of urea groups is 1. The number of carbonyl (C=O) groups excluding carboxylic acids is 1. The molecule has 1 aliphatic carbocycles. The predicted octanol–water partition coefficient (Wildman–Crippen LogP) is 4.74. The number of aromatic carboxylic acids is 1. The summed E-state index contributed by atoms with van der Waals surface area (Å²) in [7, 11) is -7.86. The lowest BCUT2D eigenvalue weighted by Gasteiger charge is -2.17. The molecule has 0 spiro atoms. The molecule has 16 heteroatoms. The summed E-state index contributed by atoms with van der Waals surface area (Å²) in [5.74, 6) is -1.19. The second-order valence-corrected chi connectivity index (χ2v) is 14.3. The molecule has 7 N–H and O–H groups in total. The molecular weight excluding hydrogens is 689 g/mol. The minimum atomic E-state index is -3.97. The Morgan fingerprint density at radius 3 is 2.06 bits per heavy atom. The van der Waals surface area contributed by atoms with Crippen molar-refractivity contribution in [1.29, 1.82) is 0 Å². The lowest BCUT2D eigenvalue weighted by Crippen LogP contribution is -2.23. The minimum Gasteiger partial charge on any atom is -0.508 e. The summed E-state index contributed by atoms with van der Waals surface area (Å²) in [6.07, 6.45) is 0. The van der Waals surface area contributed by atoms with Crippen LogP contribution in [0.15, 0.2) is 122 Å². The van der Waals surface area contributed by atoms with Crippen molar-refractivity contribution in [2.45, 2.75) is 16.3 Å². The van der Waals surface area contributed by atoms with E-state index in [9.17, 15) is 41.4 Å². The number of sulfonamides is 2. The molecule has 4 aromatic rings. The molecule has 0 atom stereocenters. The number of fused-ring (bicyclic) bond motifs is 2. The summed E-state index contributed by atoms with van der Waals surface area (Å²) in [6.45, 7) is -0.122. The minimum absolute atomic E-state index is 0.0885. The van der Waals surface area contributed by atoms with Crippen LogP contribution >= 0.6 is 0 Å². The highest BCUT2D eigenvalue weighted by molar-refractivity contribution is 7.89. The third-order valence-electron chi connectivity index (χ3n) is 7.59. The molecular formula is C34H26N4O10S2. The van der Waals surface area contributed by atoms with Gasteiger partial charge in [0.2, 0.25) is 20.0 Å². The maximum absolute atomic E-state index is 12.8. The molecule has 14 nitrogen and oxygen atoms in total. The number of phenols is 1. The number of hydrogen-bond donors (Lipinski definition) is 6. The Hall–Kier alpha value is -6.07. The van der Waals surface area contributed by atoms with Crippen LogP contribution in [0.1, 0.15) is 15.9 Å². The zero-order valence-corrected chi connectivity index (χ0v) is 27.2. The van der Waals surface area contributed by atoms with Crippen LogP contribution in [-0.4, -0.2) is 39.0 Å². The number of carboxylic acid groups (broad SMARTS) is 1. The monoisotopic (exact) mass is 714 g/mol. The van der Waals surface area contributed by atoms with Crippen molar-refractivity contribution >= 4 is 54.4 Å². The molecule has 0 bridgehead atoms. The molecule has 1 aliphatic heterocycles. The third-order valence-corrected chi connectivity index (χ3v) is 9.94. The smallest absolute Gasteiger partial charge is 0.336 e. The van der Waals surface area contributed by atoms with E-state index in [2.05, 4.69) is 15.4 Å². The van der Waals surface area contributed by atoms with Crippen molar-refractivity contribution in [3.05, 3.63) is 124 Å². The van der Waals surface area contributed by atoms with E-state index in [0.29, 0.717) is 22.1 Å². The zero-order chi connectivity index (χ0) is 35.8. The lowest BCUT2D eigenvalue weighted by molar-refractivity contribution is 0.0697. The Kier molecular flexibility index (Phi) is 8.85. The van der Waals surface area contributed by atoms with Crippen molar-refractivity contribution < 1.29 is 41.1 Å². The number of phenolic OH excluding ortho intramolecular Hbond substituents is 1. The van der Waals surface area contributed by atoms with Gasteiger partial charge in [-0.25, -0.2) is 36.3 Å². The van der Waals surface area contributed by atoms with Gasteiger partial charge in [0.25, 0.3) is 0 Å². The number of aromatic hydroxyl groups is 1. The summed E-state index contributed by atoms with van der Waals surface area (Å²) >= 11 is 0. The SMILES string of the molecule is NS(=O)(=O)c1ccc(CNS(=O)(=O)c2ccc(NC(=O)Nc3ccc(-c4c5ccc(=O)cc-5oc5cc(O)ccc45)c(C(=O)O)c3)cc2)cc1. The lowest BCUT2D eigenvalue weighted by atomic mass is 9.90. The van der Waals surface area contributed by atoms with Crippen molar-refractivity contribution in [3.8, 4) is 28.2 Å². The van der Waals surface area contributed by atoms with E-state index in [0.717, 1.165) is 0 Å². The molecule has 0 aromatic heterocycles. The van der Waals surface area contributed by atoms with Gasteiger partial charge < -0.3 is 25.3 Å². The highest BCUT2D eigenvalue weighted by Crippen LogP contribution is 2.42. The van der Waals surface area contributed by atoms with Crippen LogP contribution in [0.2, 0.25) is 0 Å². The van der Waals surface area contributed by atoms with Crippen LogP contribution in [-0.2, 0) is 26.6 Å². The molecule has 6 rings (SSSR count). The molecule has 0 radical (unpaired) electrons. The molecule has 2 amide bonds. The van der Waals surface area contributed by atoms with E-state index in [-0.39, 0.29) is 61.4 Å². The number of carbonyl (C=O) groups is 2. The van der Waals surface area contributed by atoms with Crippen LogP contribution < -0.4 is 25.9 Å². The second-order valence-electron chi connectivity index (χ2n) is 11.0. The molecule has 2 aliphatic rings. The number of carboxylic acids is 1. The summed E-state index contributed by atoms with van der Waals surface area (Å²) in [5, 5.41) is 30.9. The first-order valence-electron chi connectivity index (χ1n) is 14.5. The van der Waals surface area contributed by atoms with Crippen LogP contribution in [0.4, 0.5) is 16.2 Å². The first-order valence-corrected chi connectivity index (χ1v) is 17.6. The summed E-state index contributed by atoms with van der Waals surface area (Å²) in [6, 6.07) is 22.7. The van der Waals surface area contributed by atoms with Crippen LogP contribution in [0.3, 0.4) is 0 Å². The molecule has 50 heavy (non-hydrogen) atoms. The van der Waals surface area contributed by atoms with Crippen LogP contribution in [0.5, 0.6) is 5.75 Å². The van der Waals surface area contributed by atoms with Crippen LogP contribution in [0, 0.1) is 0 Å². The van der Waals surface area contributed by atoms with Gasteiger partial charge in [0.15, 0.2) is 5.43 Å².